The molecule has 0 aliphatic carbocycles. The molecule has 0 spiro atoms. The van der Waals surface area contributed by atoms with E-state index in [2.05, 4.69) is 12.1 Å². The molecule has 1 aromatic heterocycles. The van der Waals surface area contributed by atoms with E-state index >= 15 is 0 Å². The third kappa shape index (κ3) is 3.85. The van der Waals surface area contributed by atoms with Crippen molar-refractivity contribution < 1.29 is 8.42 Å². The van der Waals surface area contributed by atoms with Crippen LogP contribution in [0.15, 0.2) is 56.9 Å². The second kappa shape index (κ2) is 8.09. The molecule has 1 saturated heterocycles. The van der Waals surface area contributed by atoms with Crippen LogP contribution >= 0.6 is 0 Å². The van der Waals surface area contributed by atoms with Gasteiger partial charge in [-0.1, -0.05) is 30.3 Å². The van der Waals surface area contributed by atoms with Gasteiger partial charge >= 0.3 is 11.1 Å². The Balaban J connectivity index is 1.63. The SMILES string of the molecule is Cc1cc2c(cc1S(=O)(=O)N1CCC(Cc3ccccc3)CC1)n(C)c(=O)c(=O)n2C. The summed E-state index contributed by atoms with van der Waals surface area (Å²) in [4.78, 5) is 24.5. The van der Waals surface area contributed by atoms with Gasteiger partial charge in [0.15, 0.2) is 0 Å². The predicted octanol–water partition coefficient (Wildman–Crippen LogP) is 2.19. The number of aryl methyl sites for hydroxylation is 3. The topological polar surface area (TPSA) is 81.4 Å². The molecule has 31 heavy (non-hydrogen) atoms. The maximum absolute atomic E-state index is 13.4. The van der Waals surface area contributed by atoms with E-state index in [1.54, 1.807) is 17.3 Å². The van der Waals surface area contributed by atoms with Gasteiger partial charge in [-0.25, -0.2) is 8.42 Å². The van der Waals surface area contributed by atoms with Crippen molar-refractivity contribution in [1.82, 2.24) is 13.4 Å². The molecule has 2 heterocycles. The Morgan fingerprint density at radius 1 is 0.903 bits per heavy atom. The first-order valence-electron chi connectivity index (χ1n) is 10.4. The van der Waals surface area contributed by atoms with E-state index < -0.39 is 21.1 Å². The molecule has 0 bridgehead atoms. The Labute approximate surface area is 181 Å². The maximum Gasteiger partial charge on any atom is 0.316 e. The highest BCUT2D eigenvalue weighted by Gasteiger charge is 2.31. The fourth-order valence-electron chi connectivity index (χ4n) is 4.42. The number of benzene rings is 2. The van der Waals surface area contributed by atoms with Gasteiger partial charge in [-0.2, -0.15) is 4.31 Å². The van der Waals surface area contributed by atoms with Crippen molar-refractivity contribution in [3.63, 3.8) is 0 Å². The smallest absolute Gasteiger partial charge is 0.305 e. The number of hydrogen-bond acceptors (Lipinski definition) is 4. The molecule has 0 amide bonds. The molecule has 2 aromatic carbocycles. The van der Waals surface area contributed by atoms with Crippen molar-refractivity contribution in [3.05, 3.63) is 74.3 Å². The standard InChI is InChI=1S/C23H27N3O4S/c1-16-13-19-20(25(3)23(28)22(27)24(19)2)15-21(16)31(29,30)26-11-9-18(10-12-26)14-17-7-5-4-6-8-17/h4-8,13,15,18H,9-12,14H2,1-3H3. The lowest BCUT2D eigenvalue weighted by molar-refractivity contribution is 0.273. The molecule has 3 aromatic rings. The first kappa shape index (κ1) is 21.5. The van der Waals surface area contributed by atoms with Gasteiger partial charge in [0, 0.05) is 27.2 Å². The fourth-order valence-corrected chi connectivity index (χ4v) is 6.12. The Bertz CT molecular complexity index is 1350. The molecule has 164 valence electrons. The number of nitrogens with zero attached hydrogens (tertiary/aromatic N) is 3. The summed E-state index contributed by atoms with van der Waals surface area (Å²) in [5.74, 6) is 0.460. The van der Waals surface area contributed by atoms with Crippen LogP contribution in [-0.4, -0.2) is 34.9 Å². The van der Waals surface area contributed by atoms with Gasteiger partial charge in [0.1, 0.15) is 0 Å². The van der Waals surface area contributed by atoms with E-state index in [9.17, 15) is 18.0 Å². The quantitative estimate of drug-likeness (QED) is 0.581. The van der Waals surface area contributed by atoms with Crippen LogP contribution in [0, 0.1) is 12.8 Å². The molecule has 0 radical (unpaired) electrons. The highest BCUT2D eigenvalue weighted by atomic mass is 32.2. The number of piperidine rings is 1. The van der Waals surface area contributed by atoms with Crippen LogP contribution < -0.4 is 11.1 Å². The van der Waals surface area contributed by atoms with Gasteiger partial charge in [0.2, 0.25) is 10.0 Å². The highest BCUT2D eigenvalue weighted by molar-refractivity contribution is 7.89. The molecule has 0 atom stereocenters. The van der Waals surface area contributed by atoms with Crippen molar-refractivity contribution in [3.8, 4) is 0 Å². The molecule has 1 fully saturated rings. The molecular weight excluding hydrogens is 414 g/mol. The Morgan fingerprint density at radius 2 is 1.45 bits per heavy atom. The first-order chi connectivity index (χ1) is 14.7. The number of aromatic nitrogens is 2. The molecule has 1 aliphatic heterocycles. The van der Waals surface area contributed by atoms with Gasteiger partial charge in [0.05, 0.1) is 15.9 Å². The number of rotatable bonds is 4. The zero-order chi connectivity index (χ0) is 22.3. The van der Waals surface area contributed by atoms with E-state index in [1.807, 2.05) is 18.2 Å². The van der Waals surface area contributed by atoms with Crippen LogP contribution in [0.4, 0.5) is 0 Å². The zero-order valence-corrected chi connectivity index (χ0v) is 18.9. The first-order valence-corrected chi connectivity index (χ1v) is 11.9. The number of sulfonamides is 1. The monoisotopic (exact) mass is 441 g/mol. The molecule has 0 saturated carbocycles. The van der Waals surface area contributed by atoms with E-state index in [0.717, 1.165) is 19.3 Å². The summed E-state index contributed by atoms with van der Waals surface area (Å²) in [6.45, 7) is 2.68. The van der Waals surface area contributed by atoms with Crippen LogP contribution in [0.3, 0.4) is 0 Å². The highest BCUT2D eigenvalue weighted by Crippen LogP contribution is 2.29. The lowest BCUT2D eigenvalue weighted by Gasteiger charge is -2.31. The van der Waals surface area contributed by atoms with Gasteiger partial charge in [-0.3, -0.25) is 9.59 Å². The van der Waals surface area contributed by atoms with Gasteiger partial charge in [0.25, 0.3) is 0 Å². The van der Waals surface area contributed by atoms with Crippen LogP contribution in [0.25, 0.3) is 11.0 Å². The van der Waals surface area contributed by atoms with Crippen LogP contribution in [0.5, 0.6) is 0 Å². The van der Waals surface area contributed by atoms with E-state index in [4.69, 9.17) is 0 Å². The average Bonchev–Trinajstić information content (AvgIpc) is 2.77. The van der Waals surface area contributed by atoms with Crippen LogP contribution in [0.1, 0.15) is 24.0 Å². The number of fused-ring (bicyclic) bond motifs is 1. The third-order valence-corrected chi connectivity index (χ3v) is 8.39. The second-order valence-electron chi connectivity index (χ2n) is 8.37. The minimum atomic E-state index is -3.70. The second-order valence-corrected chi connectivity index (χ2v) is 10.3. The lowest BCUT2D eigenvalue weighted by atomic mass is 9.91. The van der Waals surface area contributed by atoms with E-state index in [0.29, 0.717) is 35.6 Å². The van der Waals surface area contributed by atoms with Crippen molar-refractivity contribution in [2.45, 2.75) is 31.1 Å². The Hall–Kier alpha value is -2.71. The van der Waals surface area contributed by atoms with Gasteiger partial charge in [-0.05, 0) is 55.4 Å². The summed E-state index contributed by atoms with van der Waals surface area (Å²) < 4.78 is 30.9. The predicted molar refractivity (Wildman–Crippen MR) is 121 cm³/mol. The van der Waals surface area contributed by atoms with E-state index in [1.165, 1.54) is 34.9 Å². The summed E-state index contributed by atoms with van der Waals surface area (Å²) in [7, 11) is -0.685. The van der Waals surface area contributed by atoms with Gasteiger partial charge in [-0.15, -0.1) is 0 Å². The molecule has 0 N–H and O–H groups in total. The maximum atomic E-state index is 13.4. The normalized spacial score (nSPS) is 16.1. The summed E-state index contributed by atoms with van der Waals surface area (Å²) >= 11 is 0. The lowest BCUT2D eigenvalue weighted by Crippen LogP contribution is -2.40. The molecule has 0 unspecified atom stereocenters. The zero-order valence-electron chi connectivity index (χ0n) is 18.0. The summed E-state index contributed by atoms with van der Waals surface area (Å²) in [6.07, 6.45) is 2.58. The van der Waals surface area contributed by atoms with Crippen LogP contribution in [-0.2, 0) is 30.5 Å². The summed E-state index contributed by atoms with van der Waals surface area (Å²) in [5.41, 5.74) is 1.49. The fraction of sp³-hybridized carbons (Fsp3) is 0.391. The molecular formula is C23H27N3O4S. The molecule has 1 aliphatic rings. The summed E-state index contributed by atoms with van der Waals surface area (Å²) in [5, 5.41) is 0. The van der Waals surface area contributed by atoms with Crippen molar-refractivity contribution in [2.24, 2.45) is 20.0 Å². The van der Waals surface area contributed by atoms with E-state index in [-0.39, 0.29) is 4.90 Å². The van der Waals surface area contributed by atoms with Gasteiger partial charge < -0.3 is 9.13 Å². The average molecular weight is 442 g/mol. The Kier molecular flexibility index (Phi) is 5.61. The summed E-state index contributed by atoms with van der Waals surface area (Å²) in [6, 6.07) is 13.5. The minimum Gasteiger partial charge on any atom is -0.305 e. The third-order valence-electron chi connectivity index (χ3n) is 6.35. The molecule has 4 rings (SSSR count). The molecule has 8 heteroatoms. The molecule has 7 nitrogen and oxygen atoms in total. The van der Waals surface area contributed by atoms with Crippen LogP contribution in [0.2, 0.25) is 0 Å². The number of hydrogen-bond donors (Lipinski definition) is 0. The van der Waals surface area contributed by atoms with Crippen molar-refractivity contribution >= 4 is 21.1 Å². The minimum absolute atomic E-state index is 0.190. The Morgan fingerprint density at radius 3 is 2.03 bits per heavy atom. The largest absolute Gasteiger partial charge is 0.316 e. The van der Waals surface area contributed by atoms with Crippen molar-refractivity contribution in [1.29, 1.82) is 0 Å². The van der Waals surface area contributed by atoms with Crippen molar-refractivity contribution in [2.75, 3.05) is 13.1 Å².